The van der Waals surface area contributed by atoms with E-state index in [1.807, 2.05) is 0 Å². The van der Waals surface area contributed by atoms with Crippen molar-refractivity contribution < 1.29 is 22.7 Å². The maximum absolute atomic E-state index is 13.4. The fraction of sp³-hybridized carbons (Fsp3) is 0.650. The molecule has 25 heavy (non-hydrogen) atoms. The molecule has 1 aromatic carbocycles. The number of ether oxygens (including phenoxy) is 1. The van der Waals surface area contributed by atoms with Crippen LogP contribution in [-0.2, 0) is 6.18 Å². The molecule has 0 aliphatic heterocycles. The zero-order valence-electron chi connectivity index (χ0n) is 14.4. The number of benzene rings is 1. The zero-order valence-corrected chi connectivity index (χ0v) is 14.4. The van der Waals surface area contributed by atoms with E-state index in [1.165, 1.54) is 38.3 Å². The summed E-state index contributed by atoms with van der Waals surface area (Å²) in [5.74, 6) is 1.68. The SMILES string of the molecule is CC(=O)c1ccc(OCC23CC4CC(CC(C4)C2)C3)c(C(F)(F)F)c1. The quantitative estimate of drug-likeness (QED) is 0.669. The molecule has 0 N–H and O–H groups in total. The maximum Gasteiger partial charge on any atom is 0.419 e. The molecular weight excluding hydrogens is 329 g/mol. The van der Waals surface area contributed by atoms with E-state index in [9.17, 15) is 18.0 Å². The number of carbonyl (C=O) groups excluding carboxylic acids is 1. The van der Waals surface area contributed by atoms with Crippen LogP contribution in [-0.4, -0.2) is 12.4 Å². The smallest absolute Gasteiger partial charge is 0.419 e. The van der Waals surface area contributed by atoms with Crippen molar-refractivity contribution >= 4 is 5.78 Å². The second kappa shape index (κ2) is 5.75. The highest BCUT2D eigenvalue weighted by atomic mass is 19.4. The van der Waals surface area contributed by atoms with Crippen LogP contribution in [0.15, 0.2) is 18.2 Å². The third-order valence-corrected chi connectivity index (χ3v) is 6.39. The first-order chi connectivity index (χ1) is 11.7. The summed E-state index contributed by atoms with van der Waals surface area (Å²) in [6, 6.07) is 3.64. The van der Waals surface area contributed by atoms with Crippen molar-refractivity contribution in [2.75, 3.05) is 6.61 Å². The number of rotatable bonds is 4. The first kappa shape index (κ1) is 16.9. The molecule has 5 rings (SSSR count). The minimum Gasteiger partial charge on any atom is -0.492 e. The molecule has 2 nitrogen and oxygen atoms in total. The molecule has 4 fully saturated rings. The Bertz CT molecular complexity index is 657. The molecule has 4 aliphatic carbocycles. The monoisotopic (exact) mass is 352 g/mol. The van der Waals surface area contributed by atoms with E-state index in [1.54, 1.807) is 0 Å². The van der Waals surface area contributed by atoms with Crippen LogP contribution < -0.4 is 4.74 Å². The number of carbonyl (C=O) groups is 1. The molecule has 0 spiro atoms. The summed E-state index contributed by atoms with van der Waals surface area (Å²) in [5, 5.41) is 0. The van der Waals surface area contributed by atoms with Crippen molar-refractivity contribution in [1.29, 1.82) is 0 Å². The van der Waals surface area contributed by atoms with Gasteiger partial charge >= 0.3 is 6.18 Å². The van der Waals surface area contributed by atoms with Gasteiger partial charge in [0.2, 0.25) is 0 Å². The van der Waals surface area contributed by atoms with Gasteiger partial charge in [0.1, 0.15) is 5.75 Å². The highest BCUT2D eigenvalue weighted by Gasteiger charge is 2.51. The van der Waals surface area contributed by atoms with Crippen LogP contribution >= 0.6 is 0 Å². The Balaban J connectivity index is 1.56. The summed E-state index contributed by atoms with van der Waals surface area (Å²) < 4.78 is 45.9. The zero-order chi connectivity index (χ0) is 17.8. The predicted octanol–water partition coefficient (Wildman–Crippen LogP) is 5.50. The normalized spacial score (nSPS) is 33.5. The Kier molecular flexibility index (Phi) is 3.89. The number of Topliss-reactive ketones (excluding diaryl/α,β-unsaturated/α-hetero) is 1. The molecule has 0 unspecified atom stereocenters. The van der Waals surface area contributed by atoms with E-state index < -0.39 is 11.7 Å². The van der Waals surface area contributed by atoms with E-state index in [0.29, 0.717) is 6.61 Å². The molecule has 0 aromatic heterocycles. The first-order valence-electron chi connectivity index (χ1n) is 9.09. The molecule has 0 amide bonds. The average molecular weight is 352 g/mol. The van der Waals surface area contributed by atoms with Gasteiger partial charge in [-0.1, -0.05) is 0 Å². The topological polar surface area (TPSA) is 26.3 Å². The lowest BCUT2D eigenvalue weighted by atomic mass is 9.50. The molecular formula is C20H23F3O2. The van der Waals surface area contributed by atoms with Gasteiger partial charge in [-0.05, 0) is 81.4 Å². The Hall–Kier alpha value is -1.52. The van der Waals surface area contributed by atoms with Crippen LogP contribution in [0.2, 0.25) is 0 Å². The molecule has 1 aromatic rings. The molecule has 0 atom stereocenters. The Morgan fingerprint density at radius 1 is 1.12 bits per heavy atom. The average Bonchev–Trinajstić information content (AvgIpc) is 2.50. The van der Waals surface area contributed by atoms with Crippen LogP contribution in [0, 0.1) is 23.2 Å². The molecule has 0 radical (unpaired) electrons. The largest absolute Gasteiger partial charge is 0.492 e. The van der Waals surface area contributed by atoms with Gasteiger partial charge in [0, 0.05) is 11.0 Å². The van der Waals surface area contributed by atoms with Gasteiger partial charge in [0.25, 0.3) is 0 Å². The fourth-order valence-electron chi connectivity index (χ4n) is 5.79. The van der Waals surface area contributed by atoms with Crippen LogP contribution in [0.5, 0.6) is 5.75 Å². The van der Waals surface area contributed by atoms with Gasteiger partial charge in [-0.2, -0.15) is 13.2 Å². The molecule has 0 heterocycles. The predicted molar refractivity (Wildman–Crippen MR) is 87.5 cm³/mol. The Morgan fingerprint density at radius 3 is 2.16 bits per heavy atom. The van der Waals surface area contributed by atoms with E-state index in [2.05, 4.69) is 0 Å². The number of halogens is 3. The Morgan fingerprint density at radius 2 is 1.68 bits per heavy atom. The van der Waals surface area contributed by atoms with Gasteiger partial charge in [-0.3, -0.25) is 4.79 Å². The van der Waals surface area contributed by atoms with Gasteiger partial charge in [-0.15, -0.1) is 0 Å². The van der Waals surface area contributed by atoms with Crippen LogP contribution in [0.1, 0.15) is 61.4 Å². The molecule has 0 saturated heterocycles. The van der Waals surface area contributed by atoms with E-state index in [4.69, 9.17) is 4.74 Å². The summed E-state index contributed by atoms with van der Waals surface area (Å²) in [6.07, 6.45) is 2.62. The maximum atomic E-state index is 13.4. The Labute approximate surface area is 145 Å². The van der Waals surface area contributed by atoms with E-state index in [0.717, 1.165) is 43.1 Å². The lowest BCUT2D eigenvalue weighted by Gasteiger charge is -2.56. The molecule has 4 aliphatic rings. The fourth-order valence-corrected chi connectivity index (χ4v) is 5.79. The second-order valence-corrected chi connectivity index (χ2v) is 8.47. The third kappa shape index (κ3) is 3.18. The van der Waals surface area contributed by atoms with Crippen molar-refractivity contribution in [2.24, 2.45) is 23.2 Å². The minimum absolute atomic E-state index is 0.0524. The second-order valence-electron chi connectivity index (χ2n) is 8.47. The van der Waals surface area contributed by atoms with Gasteiger partial charge in [0.15, 0.2) is 5.78 Å². The van der Waals surface area contributed by atoms with Crippen molar-refractivity contribution in [3.8, 4) is 5.75 Å². The van der Waals surface area contributed by atoms with Crippen LogP contribution in [0.25, 0.3) is 0 Å². The van der Waals surface area contributed by atoms with Gasteiger partial charge in [-0.25, -0.2) is 0 Å². The van der Waals surface area contributed by atoms with Crippen molar-refractivity contribution in [3.05, 3.63) is 29.3 Å². The lowest BCUT2D eigenvalue weighted by Crippen LogP contribution is -2.48. The summed E-state index contributed by atoms with van der Waals surface area (Å²) in [6.45, 7) is 1.63. The lowest BCUT2D eigenvalue weighted by molar-refractivity contribution is -0.140. The van der Waals surface area contributed by atoms with Crippen LogP contribution in [0.4, 0.5) is 13.2 Å². The highest BCUT2D eigenvalue weighted by Crippen LogP contribution is 2.60. The summed E-state index contributed by atoms with van der Waals surface area (Å²) >= 11 is 0. The highest BCUT2D eigenvalue weighted by molar-refractivity contribution is 5.94. The number of alkyl halides is 3. The van der Waals surface area contributed by atoms with Gasteiger partial charge < -0.3 is 4.74 Å². The summed E-state index contributed by atoms with van der Waals surface area (Å²) in [5.41, 5.74) is -0.726. The number of hydrogen-bond acceptors (Lipinski definition) is 2. The standard InChI is InChI=1S/C20H23F3O2/c1-12(24)16-2-3-18(17(7-16)20(21,22)23)25-11-19-8-13-4-14(9-19)6-15(5-13)10-19/h2-3,7,13-15H,4-6,8-11H2,1H3. The first-order valence-corrected chi connectivity index (χ1v) is 9.09. The third-order valence-electron chi connectivity index (χ3n) is 6.39. The van der Waals surface area contributed by atoms with Crippen molar-refractivity contribution in [1.82, 2.24) is 0 Å². The number of hydrogen-bond donors (Lipinski definition) is 0. The molecule has 4 saturated carbocycles. The molecule has 5 heteroatoms. The van der Waals surface area contributed by atoms with E-state index in [-0.39, 0.29) is 22.5 Å². The molecule has 4 bridgehead atoms. The van der Waals surface area contributed by atoms with Crippen molar-refractivity contribution in [2.45, 2.75) is 51.6 Å². The molecule has 136 valence electrons. The van der Waals surface area contributed by atoms with E-state index >= 15 is 0 Å². The van der Waals surface area contributed by atoms with Gasteiger partial charge in [0.05, 0.1) is 12.2 Å². The number of ketones is 1. The minimum atomic E-state index is -4.53. The summed E-state index contributed by atoms with van der Waals surface area (Å²) in [7, 11) is 0. The van der Waals surface area contributed by atoms with Crippen molar-refractivity contribution in [3.63, 3.8) is 0 Å². The van der Waals surface area contributed by atoms with Crippen LogP contribution in [0.3, 0.4) is 0 Å². The summed E-state index contributed by atoms with van der Waals surface area (Å²) in [4.78, 5) is 11.4.